The number of methoxy groups -OCH3 is 1. The SMILES string of the molecule is COc1cnc2c(-c3nc4cc(F)c(OC5CCCC5)cc4s3)cc(CN=O)cc2n1. The van der Waals surface area contributed by atoms with Crippen LogP contribution in [0.15, 0.2) is 35.6 Å². The van der Waals surface area contributed by atoms with Crippen LogP contribution in [0.25, 0.3) is 31.8 Å². The Balaban J connectivity index is 1.61. The van der Waals surface area contributed by atoms with Gasteiger partial charge in [-0.15, -0.1) is 11.3 Å². The molecule has 2 aromatic heterocycles. The highest BCUT2D eigenvalue weighted by Crippen LogP contribution is 2.38. The van der Waals surface area contributed by atoms with Gasteiger partial charge in [-0.2, -0.15) is 4.91 Å². The summed E-state index contributed by atoms with van der Waals surface area (Å²) in [5, 5.41) is 3.65. The summed E-state index contributed by atoms with van der Waals surface area (Å²) >= 11 is 1.42. The first-order valence-electron chi connectivity index (χ1n) is 10.0. The van der Waals surface area contributed by atoms with Crippen molar-refractivity contribution in [3.63, 3.8) is 0 Å². The van der Waals surface area contributed by atoms with Gasteiger partial charge in [-0.25, -0.2) is 19.3 Å². The fourth-order valence-corrected chi connectivity index (χ4v) is 4.91. The Morgan fingerprint density at radius 1 is 1.16 bits per heavy atom. The Hall–Kier alpha value is -3.20. The molecule has 1 aliphatic rings. The van der Waals surface area contributed by atoms with E-state index >= 15 is 0 Å². The fourth-order valence-electron chi connectivity index (χ4n) is 3.91. The molecule has 31 heavy (non-hydrogen) atoms. The third-order valence-electron chi connectivity index (χ3n) is 5.41. The van der Waals surface area contributed by atoms with E-state index in [2.05, 4.69) is 20.1 Å². The van der Waals surface area contributed by atoms with Gasteiger partial charge in [0.2, 0.25) is 5.88 Å². The topological polar surface area (TPSA) is 86.6 Å². The minimum absolute atomic E-state index is 0.000724. The fraction of sp³-hybridized carbons (Fsp3) is 0.318. The van der Waals surface area contributed by atoms with Crippen LogP contribution in [-0.2, 0) is 6.54 Å². The summed E-state index contributed by atoms with van der Waals surface area (Å²) in [5.41, 5.74) is 3.15. The second-order valence-corrected chi connectivity index (χ2v) is 8.54. The third kappa shape index (κ3) is 3.81. The molecule has 2 aromatic carbocycles. The van der Waals surface area contributed by atoms with E-state index in [4.69, 9.17) is 9.47 Å². The maximum atomic E-state index is 14.6. The van der Waals surface area contributed by atoms with Crippen molar-refractivity contribution in [1.29, 1.82) is 0 Å². The molecule has 2 heterocycles. The number of hydrogen-bond acceptors (Lipinski definition) is 8. The summed E-state index contributed by atoms with van der Waals surface area (Å²) in [6.07, 6.45) is 5.74. The van der Waals surface area contributed by atoms with Crippen molar-refractivity contribution in [2.24, 2.45) is 5.18 Å². The lowest BCUT2D eigenvalue weighted by Crippen LogP contribution is -2.11. The number of nitrogens with zero attached hydrogens (tertiary/aromatic N) is 4. The molecule has 0 amide bonds. The predicted molar refractivity (Wildman–Crippen MR) is 117 cm³/mol. The number of aromatic nitrogens is 3. The molecular weight excluding hydrogens is 419 g/mol. The molecule has 158 valence electrons. The molecule has 0 atom stereocenters. The summed E-state index contributed by atoms with van der Waals surface area (Å²) in [6.45, 7) is 0.000724. The molecule has 0 radical (unpaired) electrons. The molecule has 0 spiro atoms. The third-order valence-corrected chi connectivity index (χ3v) is 6.46. The van der Waals surface area contributed by atoms with Gasteiger partial charge in [0.15, 0.2) is 11.6 Å². The monoisotopic (exact) mass is 438 g/mol. The average molecular weight is 438 g/mol. The molecule has 7 nitrogen and oxygen atoms in total. The highest BCUT2D eigenvalue weighted by atomic mass is 32.1. The van der Waals surface area contributed by atoms with Crippen molar-refractivity contribution >= 4 is 32.6 Å². The van der Waals surface area contributed by atoms with Gasteiger partial charge in [-0.05, 0) is 43.4 Å². The van der Waals surface area contributed by atoms with Gasteiger partial charge in [-0.1, -0.05) is 5.18 Å². The lowest BCUT2D eigenvalue weighted by atomic mass is 10.1. The second kappa shape index (κ2) is 8.14. The number of halogens is 1. The Kier molecular flexibility index (Phi) is 5.19. The molecule has 5 rings (SSSR count). The van der Waals surface area contributed by atoms with Crippen LogP contribution in [0.3, 0.4) is 0 Å². The molecule has 1 aliphatic carbocycles. The van der Waals surface area contributed by atoms with Crippen LogP contribution in [0, 0.1) is 10.7 Å². The van der Waals surface area contributed by atoms with Crippen molar-refractivity contribution in [2.75, 3.05) is 7.11 Å². The van der Waals surface area contributed by atoms with E-state index in [1.54, 1.807) is 12.1 Å². The molecule has 0 bridgehead atoms. The van der Waals surface area contributed by atoms with Gasteiger partial charge in [-0.3, -0.25) is 0 Å². The number of hydrogen-bond donors (Lipinski definition) is 0. The number of thiazole rings is 1. The van der Waals surface area contributed by atoms with Crippen molar-refractivity contribution in [1.82, 2.24) is 15.0 Å². The van der Waals surface area contributed by atoms with Crippen molar-refractivity contribution < 1.29 is 13.9 Å². The highest BCUT2D eigenvalue weighted by Gasteiger charge is 2.20. The summed E-state index contributed by atoms with van der Waals surface area (Å²) in [5.74, 6) is 0.224. The minimum atomic E-state index is -0.412. The van der Waals surface area contributed by atoms with Crippen LogP contribution in [0.5, 0.6) is 11.6 Å². The van der Waals surface area contributed by atoms with Crippen LogP contribution < -0.4 is 9.47 Å². The number of ether oxygens (including phenoxy) is 2. The summed E-state index contributed by atoms with van der Waals surface area (Å²) < 4.78 is 26.5. The first-order chi connectivity index (χ1) is 15.1. The molecule has 4 aromatic rings. The van der Waals surface area contributed by atoms with E-state index in [-0.39, 0.29) is 18.4 Å². The first-order valence-corrected chi connectivity index (χ1v) is 10.9. The maximum absolute atomic E-state index is 14.6. The molecule has 1 saturated carbocycles. The Morgan fingerprint density at radius 2 is 2.00 bits per heavy atom. The van der Waals surface area contributed by atoms with E-state index in [0.717, 1.165) is 30.4 Å². The molecule has 0 unspecified atom stereocenters. The predicted octanol–water partition coefficient (Wildman–Crippen LogP) is 5.64. The molecule has 1 fully saturated rings. The van der Waals surface area contributed by atoms with Gasteiger partial charge in [0.05, 0.1) is 40.7 Å². The van der Waals surface area contributed by atoms with Crippen LogP contribution in [-0.4, -0.2) is 28.2 Å². The van der Waals surface area contributed by atoms with Crippen LogP contribution in [0.4, 0.5) is 4.39 Å². The number of benzene rings is 2. The van der Waals surface area contributed by atoms with Crippen LogP contribution in [0.1, 0.15) is 31.2 Å². The van der Waals surface area contributed by atoms with Gasteiger partial charge in [0, 0.05) is 17.7 Å². The zero-order chi connectivity index (χ0) is 21.4. The first kappa shape index (κ1) is 19.7. The highest BCUT2D eigenvalue weighted by molar-refractivity contribution is 7.21. The van der Waals surface area contributed by atoms with E-state index < -0.39 is 5.82 Å². The summed E-state index contributed by atoms with van der Waals surface area (Å²) in [4.78, 5) is 24.4. The van der Waals surface area contributed by atoms with Gasteiger partial charge < -0.3 is 9.47 Å². The zero-order valence-corrected chi connectivity index (χ0v) is 17.6. The normalized spacial score (nSPS) is 14.4. The molecule has 0 saturated heterocycles. The average Bonchev–Trinajstić information content (AvgIpc) is 3.43. The molecule has 0 N–H and O–H groups in total. The summed E-state index contributed by atoms with van der Waals surface area (Å²) in [6, 6.07) is 6.72. The lowest BCUT2D eigenvalue weighted by Gasteiger charge is -2.13. The van der Waals surface area contributed by atoms with Crippen molar-refractivity contribution in [3.05, 3.63) is 46.8 Å². The Bertz CT molecular complexity index is 1290. The van der Waals surface area contributed by atoms with Gasteiger partial charge >= 0.3 is 0 Å². The van der Waals surface area contributed by atoms with E-state index in [0.29, 0.717) is 38.6 Å². The molecule has 9 heteroatoms. The standard InChI is InChI=1S/C22H19FN4O3S/c1-29-20-11-24-21-14(6-12(10-25-28)7-17(21)26-20)22-27-16-8-15(23)18(9-19(16)31-22)30-13-4-2-3-5-13/h6-9,11,13H,2-5,10H2,1H3. The molecule has 0 aliphatic heterocycles. The largest absolute Gasteiger partial charge is 0.487 e. The van der Waals surface area contributed by atoms with E-state index in [9.17, 15) is 9.30 Å². The van der Waals surface area contributed by atoms with E-state index in [1.807, 2.05) is 6.07 Å². The van der Waals surface area contributed by atoms with Gasteiger partial charge in [0.25, 0.3) is 0 Å². The number of rotatable bonds is 6. The lowest BCUT2D eigenvalue weighted by molar-refractivity contribution is 0.201. The zero-order valence-electron chi connectivity index (χ0n) is 16.8. The number of fused-ring (bicyclic) bond motifs is 2. The summed E-state index contributed by atoms with van der Waals surface area (Å²) in [7, 11) is 1.51. The Morgan fingerprint density at radius 3 is 2.77 bits per heavy atom. The maximum Gasteiger partial charge on any atom is 0.232 e. The Labute approximate surface area is 181 Å². The van der Waals surface area contributed by atoms with Gasteiger partial charge in [0.1, 0.15) is 11.6 Å². The number of nitroso groups, excluding NO2 is 1. The van der Waals surface area contributed by atoms with Crippen LogP contribution >= 0.6 is 11.3 Å². The van der Waals surface area contributed by atoms with Crippen molar-refractivity contribution in [3.8, 4) is 22.2 Å². The second-order valence-electron chi connectivity index (χ2n) is 7.50. The van der Waals surface area contributed by atoms with E-state index in [1.165, 1.54) is 30.7 Å². The minimum Gasteiger partial charge on any atom is -0.487 e. The van der Waals surface area contributed by atoms with Crippen molar-refractivity contribution in [2.45, 2.75) is 38.3 Å². The quantitative estimate of drug-likeness (QED) is 0.362. The van der Waals surface area contributed by atoms with Crippen LogP contribution in [0.2, 0.25) is 0 Å². The molecular formula is C22H19FN4O3S. The smallest absolute Gasteiger partial charge is 0.232 e.